The van der Waals surface area contributed by atoms with Gasteiger partial charge in [0.2, 0.25) is 0 Å². The molecule has 0 radical (unpaired) electrons. The second kappa shape index (κ2) is 21.4. The molecule has 0 aromatic carbocycles. The lowest BCUT2D eigenvalue weighted by molar-refractivity contribution is -0.0845. The van der Waals surface area contributed by atoms with Crippen LogP contribution in [0.1, 0.15) is 111 Å². The van der Waals surface area contributed by atoms with Gasteiger partial charge in [-0.05, 0) is 25.7 Å². The first-order valence-corrected chi connectivity index (χ1v) is 11.5. The van der Waals surface area contributed by atoms with Crippen LogP contribution in [0.4, 0.5) is 0 Å². The van der Waals surface area contributed by atoms with E-state index in [1.54, 1.807) is 0 Å². The van der Waals surface area contributed by atoms with E-state index in [0.717, 1.165) is 51.1 Å². The lowest BCUT2D eigenvalue weighted by Gasteiger charge is -2.17. The molecule has 0 fully saturated rings. The van der Waals surface area contributed by atoms with Crippen LogP contribution in [0.3, 0.4) is 0 Å². The first kappa shape index (κ1) is 26.1. The average molecular weight is 387 g/mol. The molecular formula is C23H46O4. The lowest BCUT2D eigenvalue weighted by atomic mass is 10.2. The van der Waals surface area contributed by atoms with Crippen LogP contribution < -0.4 is 0 Å². The minimum Gasteiger partial charge on any atom is -0.491 e. The number of ether oxygens (including phenoxy) is 4. The summed E-state index contributed by atoms with van der Waals surface area (Å²) in [7, 11) is 0. The van der Waals surface area contributed by atoms with Crippen LogP contribution in [0.2, 0.25) is 0 Å². The second-order valence-electron chi connectivity index (χ2n) is 7.16. The van der Waals surface area contributed by atoms with E-state index in [-0.39, 0.29) is 6.79 Å². The Kier molecular flexibility index (Phi) is 20.7. The topological polar surface area (TPSA) is 36.9 Å². The molecule has 0 aromatic heterocycles. The first-order valence-electron chi connectivity index (χ1n) is 11.5. The Morgan fingerprint density at radius 3 is 1.70 bits per heavy atom. The molecule has 0 unspecified atom stereocenters. The SMILES string of the molecule is CCCCCCCOCOC(OCCCCC)=C(CCC)OCCCCC. The summed E-state index contributed by atoms with van der Waals surface area (Å²) < 4.78 is 23.4. The Balaban J connectivity index is 4.41. The molecule has 4 nitrogen and oxygen atoms in total. The number of allylic oxidation sites excluding steroid dienone is 1. The van der Waals surface area contributed by atoms with E-state index in [0.29, 0.717) is 12.6 Å². The molecule has 0 aliphatic heterocycles. The molecule has 0 heterocycles. The minimum atomic E-state index is 0.239. The van der Waals surface area contributed by atoms with Crippen molar-refractivity contribution in [2.75, 3.05) is 26.6 Å². The predicted molar refractivity (Wildman–Crippen MR) is 114 cm³/mol. The Labute approximate surface area is 169 Å². The van der Waals surface area contributed by atoms with Crippen LogP contribution in [0.15, 0.2) is 11.7 Å². The summed E-state index contributed by atoms with van der Waals surface area (Å²) in [5, 5.41) is 0. The molecule has 0 saturated carbocycles. The van der Waals surface area contributed by atoms with Gasteiger partial charge < -0.3 is 18.9 Å². The molecular weight excluding hydrogens is 340 g/mol. The van der Waals surface area contributed by atoms with Crippen molar-refractivity contribution in [2.45, 2.75) is 111 Å². The molecule has 0 saturated heterocycles. The number of hydrogen-bond acceptors (Lipinski definition) is 4. The fourth-order valence-electron chi connectivity index (χ4n) is 2.69. The van der Waals surface area contributed by atoms with Crippen molar-refractivity contribution < 1.29 is 18.9 Å². The van der Waals surface area contributed by atoms with Gasteiger partial charge in [0, 0.05) is 6.42 Å². The summed E-state index contributed by atoms with van der Waals surface area (Å²) in [5.41, 5.74) is 0. The highest BCUT2D eigenvalue weighted by molar-refractivity contribution is 4.95. The van der Waals surface area contributed by atoms with E-state index in [1.165, 1.54) is 51.4 Å². The number of rotatable bonds is 21. The predicted octanol–water partition coefficient (Wildman–Crippen LogP) is 7.33. The molecule has 0 rings (SSSR count). The van der Waals surface area contributed by atoms with E-state index in [2.05, 4.69) is 27.7 Å². The molecule has 0 aliphatic carbocycles. The molecule has 0 aromatic rings. The average Bonchev–Trinajstić information content (AvgIpc) is 2.68. The molecule has 0 aliphatic rings. The van der Waals surface area contributed by atoms with Gasteiger partial charge in [0.25, 0.3) is 0 Å². The molecule has 162 valence electrons. The maximum absolute atomic E-state index is 6.00. The van der Waals surface area contributed by atoms with Crippen molar-refractivity contribution in [3.05, 3.63) is 11.7 Å². The zero-order valence-electron chi connectivity index (χ0n) is 18.7. The van der Waals surface area contributed by atoms with Gasteiger partial charge in [-0.15, -0.1) is 0 Å². The third kappa shape index (κ3) is 17.0. The van der Waals surface area contributed by atoms with Crippen molar-refractivity contribution in [2.24, 2.45) is 0 Å². The number of unbranched alkanes of at least 4 members (excludes halogenated alkanes) is 8. The zero-order chi connectivity index (χ0) is 20.0. The summed E-state index contributed by atoms with van der Waals surface area (Å²) >= 11 is 0. The molecule has 27 heavy (non-hydrogen) atoms. The normalized spacial score (nSPS) is 12.0. The Hall–Kier alpha value is -0.900. The van der Waals surface area contributed by atoms with Crippen LogP contribution >= 0.6 is 0 Å². The van der Waals surface area contributed by atoms with Crippen LogP contribution in [-0.2, 0) is 18.9 Å². The van der Waals surface area contributed by atoms with Crippen molar-refractivity contribution in [1.82, 2.24) is 0 Å². The van der Waals surface area contributed by atoms with Gasteiger partial charge in [0.05, 0.1) is 19.8 Å². The van der Waals surface area contributed by atoms with Crippen LogP contribution in [-0.4, -0.2) is 26.6 Å². The van der Waals surface area contributed by atoms with Gasteiger partial charge in [0.1, 0.15) is 0 Å². The zero-order valence-corrected chi connectivity index (χ0v) is 18.7. The molecule has 0 bridgehead atoms. The monoisotopic (exact) mass is 386 g/mol. The van der Waals surface area contributed by atoms with Gasteiger partial charge in [-0.25, -0.2) is 0 Å². The highest BCUT2D eigenvalue weighted by atomic mass is 16.7. The first-order chi connectivity index (χ1) is 13.3. The van der Waals surface area contributed by atoms with Crippen molar-refractivity contribution in [3.8, 4) is 0 Å². The van der Waals surface area contributed by atoms with Gasteiger partial charge >= 0.3 is 5.95 Å². The van der Waals surface area contributed by atoms with Crippen molar-refractivity contribution in [3.63, 3.8) is 0 Å². The smallest absolute Gasteiger partial charge is 0.321 e. The molecule has 0 N–H and O–H groups in total. The van der Waals surface area contributed by atoms with Crippen molar-refractivity contribution in [1.29, 1.82) is 0 Å². The van der Waals surface area contributed by atoms with E-state index in [9.17, 15) is 0 Å². The Bertz CT molecular complexity index is 328. The maximum atomic E-state index is 6.00. The third-order valence-electron chi connectivity index (χ3n) is 4.38. The van der Waals surface area contributed by atoms with E-state index >= 15 is 0 Å². The number of hydrogen-bond donors (Lipinski definition) is 0. The maximum Gasteiger partial charge on any atom is 0.321 e. The minimum absolute atomic E-state index is 0.239. The van der Waals surface area contributed by atoms with Gasteiger partial charge in [-0.1, -0.05) is 79.1 Å². The highest BCUT2D eigenvalue weighted by Gasteiger charge is 2.12. The fourth-order valence-corrected chi connectivity index (χ4v) is 2.69. The van der Waals surface area contributed by atoms with E-state index < -0.39 is 0 Å². The van der Waals surface area contributed by atoms with Crippen molar-refractivity contribution >= 4 is 0 Å². The van der Waals surface area contributed by atoms with Gasteiger partial charge in [-0.3, -0.25) is 0 Å². The quantitative estimate of drug-likeness (QED) is 0.117. The van der Waals surface area contributed by atoms with E-state index in [1.807, 2.05) is 0 Å². The highest BCUT2D eigenvalue weighted by Crippen LogP contribution is 2.17. The molecule has 0 atom stereocenters. The second-order valence-corrected chi connectivity index (χ2v) is 7.16. The summed E-state index contributed by atoms with van der Waals surface area (Å²) in [4.78, 5) is 0. The Morgan fingerprint density at radius 2 is 1.07 bits per heavy atom. The summed E-state index contributed by atoms with van der Waals surface area (Å²) in [5.74, 6) is 1.38. The molecule has 0 amide bonds. The van der Waals surface area contributed by atoms with Crippen LogP contribution in [0.25, 0.3) is 0 Å². The van der Waals surface area contributed by atoms with E-state index in [4.69, 9.17) is 18.9 Å². The summed E-state index contributed by atoms with van der Waals surface area (Å²) in [6.07, 6.45) is 14.9. The molecule has 0 spiro atoms. The van der Waals surface area contributed by atoms with Crippen LogP contribution in [0, 0.1) is 0 Å². The van der Waals surface area contributed by atoms with Gasteiger partial charge in [0.15, 0.2) is 12.6 Å². The largest absolute Gasteiger partial charge is 0.491 e. The Morgan fingerprint density at radius 1 is 0.519 bits per heavy atom. The summed E-state index contributed by atoms with van der Waals surface area (Å²) in [6.45, 7) is 11.2. The summed E-state index contributed by atoms with van der Waals surface area (Å²) in [6, 6.07) is 0. The van der Waals surface area contributed by atoms with Gasteiger partial charge in [-0.2, -0.15) is 0 Å². The standard InChI is InChI=1S/C23H46O4/c1-5-9-12-13-16-18-24-21-27-23(26-20-15-11-7-3)22(17-8-4)25-19-14-10-6-2/h5-21H2,1-4H3. The fraction of sp³-hybridized carbons (Fsp3) is 0.913. The van der Waals surface area contributed by atoms with Crippen LogP contribution in [0.5, 0.6) is 0 Å². The molecule has 4 heteroatoms. The third-order valence-corrected chi connectivity index (χ3v) is 4.38. The lowest BCUT2D eigenvalue weighted by Crippen LogP contribution is -2.10.